The van der Waals surface area contributed by atoms with E-state index in [2.05, 4.69) is 33.4 Å². The van der Waals surface area contributed by atoms with E-state index in [1.165, 1.54) is 25.5 Å². The van der Waals surface area contributed by atoms with Crippen molar-refractivity contribution in [1.82, 2.24) is 5.32 Å². The van der Waals surface area contributed by atoms with Gasteiger partial charge in [-0.05, 0) is 35.7 Å². The third kappa shape index (κ3) is 3.98. The summed E-state index contributed by atoms with van der Waals surface area (Å²) in [7, 11) is 4.82. The van der Waals surface area contributed by atoms with Gasteiger partial charge in [0.15, 0.2) is 17.5 Å². The van der Waals surface area contributed by atoms with Crippen LogP contribution >= 0.6 is 24.0 Å². The van der Waals surface area contributed by atoms with Crippen LogP contribution in [0.4, 0.5) is 5.69 Å². The Kier molecular flexibility index (Phi) is 6.96. The standard InChI is InChI=1S/C19H23N3O3.HI/c1-20-19(22-9-8-14-6-4-5-7-15(14)22)21-12-13-10-16(24-2)18(23)17(11-13)25-3;/h4-7,10-11,23H,8-9,12H2,1-3H3,(H,20,21);1H. The van der Waals surface area contributed by atoms with Crippen molar-refractivity contribution in [1.29, 1.82) is 0 Å². The number of ether oxygens (including phenoxy) is 2. The van der Waals surface area contributed by atoms with Crippen LogP contribution in [0.3, 0.4) is 0 Å². The Morgan fingerprint density at radius 1 is 1.19 bits per heavy atom. The molecule has 1 aliphatic heterocycles. The molecule has 6 nitrogen and oxygen atoms in total. The van der Waals surface area contributed by atoms with Crippen molar-refractivity contribution in [3.63, 3.8) is 0 Å². The molecule has 26 heavy (non-hydrogen) atoms. The fourth-order valence-electron chi connectivity index (χ4n) is 3.08. The van der Waals surface area contributed by atoms with Crippen LogP contribution in [0.25, 0.3) is 0 Å². The van der Waals surface area contributed by atoms with Crippen LogP contribution in [0.2, 0.25) is 0 Å². The summed E-state index contributed by atoms with van der Waals surface area (Å²) in [5.74, 6) is 1.60. The summed E-state index contributed by atoms with van der Waals surface area (Å²) >= 11 is 0. The highest BCUT2D eigenvalue weighted by atomic mass is 127. The van der Waals surface area contributed by atoms with Gasteiger partial charge in [-0.15, -0.1) is 24.0 Å². The lowest BCUT2D eigenvalue weighted by Crippen LogP contribution is -2.40. The number of nitrogens with one attached hydrogen (secondary N) is 1. The molecular formula is C19H24IN3O3. The summed E-state index contributed by atoms with van der Waals surface area (Å²) in [6, 6.07) is 11.9. The Hall–Kier alpha value is -2.16. The number of phenols is 1. The molecule has 0 spiro atoms. The molecule has 0 bridgehead atoms. The van der Waals surface area contributed by atoms with Gasteiger partial charge in [0.25, 0.3) is 0 Å². The van der Waals surface area contributed by atoms with Crippen molar-refractivity contribution in [3.05, 3.63) is 47.5 Å². The van der Waals surface area contributed by atoms with E-state index in [-0.39, 0.29) is 29.7 Å². The third-order valence-corrected chi connectivity index (χ3v) is 4.34. The van der Waals surface area contributed by atoms with E-state index in [4.69, 9.17) is 9.47 Å². The molecule has 7 heteroatoms. The second-order valence-electron chi connectivity index (χ2n) is 5.78. The fraction of sp³-hybridized carbons (Fsp3) is 0.316. The van der Waals surface area contributed by atoms with Crippen LogP contribution < -0.4 is 19.7 Å². The summed E-state index contributed by atoms with van der Waals surface area (Å²) in [4.78, 5) is 6.59. The quantitative estimate of drug-likeness (QED) is 0.409. The van der Waals surface area contributed by atoms with E-state index in [0.29, 0.717) is 18.0 Å². The van der Waals surface area contributed by atoms with Gasteiger partial charge in [0.05, 0.1) is 14.2 Å². The number of benzene rings is 2. The maximum Gasteiger partial charge on any atom is 0.200 e. The summed E-state index contributed by atoms with van der Waals surface area (Å²) in [5, 5.41) is 13.4. The fourth-order valence-corrected chi connectivity index (χ4v) is 3.08. The highest BCUT2D eigenvalue weighted by Gasteiger charge is 2.22. The molecule has 0 aliphatic carbocycles. The lowest BCUT2D eigenvalue weighted by Gasteiger charge is -2.22. The first-order chi connectivity index (χ1) is 12.2. The van der Waals surface area contributed by atoms with Gasteiger partial charge < -0.3 is 24.8 Å². The number of hydrogen-bond donors (Lipinski definition) is 2. The zero-order chi connectivity index (χ0) is 17.8. The number of anilines is 1. The van der Waals surface area contributed by atoms with E-state index in [9.17, 15) is 5.11 Å². The normalized spacial score (nSPS) is 13.0. The van der Waals surface area contributed by atoms with E-state index in [1.807, 2.05) is 6.07 Å². The topological polar surface area (TPSA) is 66.3 Å². The first-order valence-electron chi connectivity index (χ1n) is 8.18. The minimum Gasteiger partial charge on any atom is -0.502 e. The van der Waals surface area contributed by atoms with Crippen molar-refractivity contribution in [2.75, 3.05) is 32.7 Å². The largest absolute Gasteiger partial charge is 0.502 e. The van der Waals surface area contributed by atoms with E-state index in [0.717, 1.165) is 24.5 Å². The molecule has 0 atom stereocenters. The predicted molar refractivity (Wildman–Crippen MR) is 114 cm³/mol. The highest BCUT2D eigenvalue weighted by Crippen LogP contribution is 2.37. The number of aromatic hydroxyl groups is 1. The number of aliphatic imine (C=N–C) groups is 1. The maximum absolute atomic E-state index is 10.0. The molecule has 2 aromatic rings. The van der Waals surface area contributed by atoms with Gasteiger partial charge >= 0.3 is 0 Å². The Morgan fingerprint density at radius 3 is 2.46 bits per heavy atom. The van der Waals surface area contributed by atoms with Crippen molar-refractivity contribution in [2.45, 2.75) is 13.0 Å². The molecule has 0 fully saturated rings. The van der Waals surface area contributed by atoms with Gasteiger partial charge in [-0.2, -0.15) is 0 Å². The molecule has 1 heterocycles. The van der Waals surface area contributed by atoms with Crippen LogP contribution in [0.15, 0.2) is 41.4 Å². The first-order valence-corrected chi connectivity index (χ1v) is 8.18. The van der Waals surface area contributed by atoms with Gasteiger partial charge in [-0.25, -0.2) is 0 Å². The minimum absolute atomic E-state index is 0. The zero-order valence-electron chi connectivity index (χ0n) is 15.2. The molecule has 2 N–H and O–H groups in total. The Bertz CT molecular complexity index is 770. The number of halogens is 1. The van der Waals surface area contributed by atoms with Crippen LogP contribution in [-0.2, 0) is 13.0 Å². The molecule has 0 saturated carbocycles. The number of nitrogens with zero attached hydrogens (tertiary/aromatic N) is 2. The Labute approximate surface area is 170 Å². The number of phenolic OH excluding ortho intramolecular Hbond substituents is 1. The minimum atomic E-state index is 0. The van der Waals surface area contributed by atoms with Crippen molar-refractivity contribution in [3.8, 4) is 17.2 Å². The van der Waals surface area contributed by atoms with Crippen LogP contribution in [-0.4, -0.2) is 38.9 Å². The Balaban J connectivity index is 0.00000243. The Morgan fingerprint density at radius 2 is 1.85 bits per heavy atom. The van der Waals surface area contributed by atoms with E-state index >= 15 is 0 Å². The van der Waals surface area contributed by atoms with Gasteiger partial charge in [0, 0.05) is 25.8 Å². The molecular weight excluding hydrogens is 445 g/mol. The average Bonchev–Trinajstić information content (AvgIpc) is 3.07. The van der Waals surface area contributed by atoms with Crippen LogP contribution in [0.5, 0.6) is 17.2 Å². The van der Waals surface area contributed by atoms with Gasteiger partial charge in [0.1, 0.15) is 0 Å². The number of fused-ring (bicyclic) bond motifs is 1. The second kappa shape index (κ2) is 8.98. The zero-order valence-corrected chi connectivity index (χ0v) is 17.5. The smallest absolute Gasteiger partial charge is 0.200 e. The molecule has 0 unspecified atom stereocenters. The lowest BCUT2D eigenvalue weighted by molar-refractivity contribution is 0.339. The summed E-state index contributed by atoms with van der Waals surface area (Å²) in [6.07, 6.45) is 1.01. The van der Waals surface area contributed by atoms with Gasteiger partial charge in [0.2, 0.25) is 5.75 Å². The SMILES string of the molecule is CN=C(NCc1cc(OC)c(O)c(OC)c1)N1CCc2ccccc21.I. The number of rotatable bonds is 4. The first kappa shape index (κ1) is 20.2. The van der Waals surface area contributed by atoms with E-state index in [1.54, 1.807) is 19.2 Å². The van der Waals surface area contributed by atoms with Crippen molar-refractivity contribution >= 4 is 35.6 Å². The number of para-hydroxylation sites is 1. The van der Waals surface area contributed by atoms with Gasteiger partial charge in [-0.1, -0.05) is 18.2 Å². The summed E-state index contributed by atoms with van der Waals surface area (Å²) < 4.78 is 10.4. The number of methoxy groups -OCH3 is 2. The summed E-state index contributed by atoms with van der Waals surface area (Å²) in [6.45, 7) is 1.44. The summed E-state index contributed by atoms with van der Waals surface area (Å²) in [5.41, 5.74) is 3.45. The molecule has 0 aromatic heterocycles. The average molecular weight is 469 g/mol. The molecule has 1 aliphatic rings. The molecule has 0 amide bonds. The monoisotopic (exact) mass is 469 g/mol. The van der Waals surface area contributed by atoms with Crippen molar-refractivity contribution < 1.29 is 14.6 Å². The van der Waals surface area contributed by atoms with Crippen LogP contribution in [0.1, 0.15) is 11.1 Å². The number of hydrogen-bond acceptors (Lipinski definition) is 4. The predicted octanol–water partition coefficient (Wildman–Crippen LogP) is 3.17. The highest BCUT2D eigenvalue weighted by molar-refractivity contribution is 14.0. The third-order valence-electron chi connectivity index (χ3n) is 4.34. The number of guanidine groups is 1. The molecule has 140 valence electrons. The maximum atomic E-state index is 10.0. The van der Waals surface area contributed by atoms with Crippen LogP contribution in [0, 0.1) is 0 Å². The molecule has 2 aromatic carbocycles. The lowest BCUT2D eigenvalue weighted by atomic mass is 10.2. The van der Waals surface area contributed by atoms with E-state index < -0.39 is 0 Å². The second-order valence-corrected chi connectivity index (χ2v) is 5.78. The molecule has 3 rings (SSSR count). The molecule has 0 radical (unpaired) electrons. The van der Waals surface area contributed by atoms with Gasteiger partial charge in [-0.3, -0.25) is 4.99 Å². The van der Waals surface area contributed by atoms with Crippen molar-refractivity contribution in [2.24, 2.45) is 4.99 Å². The molecule has 0 saturated heterocycles.